The van der Waals surface area contributed by atoms with Gasteiger partial charge >= 0.3 is 6.18 Å². The standard InChI is InChI=1S/C28H28F3N5O2/c1-18-32-16-20(33-18)15-26(37)36-13-12-35(17-21(36)14-19-6-4-3-5-7-19)23-9-10-24(38-2)27-22(23)8-11-25(34-27)28(29,30)31/h3-11,21H,12-17H2,1-2H3/t21-/m0/s1. The number of aliphatic imine (C=N–C) groups is 2. The van der Waals surface area contributed by atoms with Gasteiger partial charge in [0.25, 0.3) is 0 Å². The van der Waals surface area contributed by atoms with Gasteiger partial charge in [0.1, 0.15) is 22.8 Å². The van der Waals surface area contributed by atoms with Crippen LogP contribution >= 0.6 is 0 Å². The van der Waals surface area contributed by atoms with Crippen molar-refractivity contribution in [1.29, 1.82) is 0 Å². The lowest BCUT2D eigenvalue weighted by molar-refractivity contribution is -0.141. The molecule has 0 bridgehead atoms. The van der Waals surface area contributed by atoms with Crippen LogP contribution in [0.4, 0.5) is 18.9 Å². The Morgan fingerprint density at radius 2 is 1.87 bits per heavy atom. The second kappa shape index (κ2) is 10.4. The molecule has 0 N–H and O–H groups in total. The van der Waals surface area contributed by atoms with Gasteiger partial charge in [0, 0.05) is 30.7 Å². The number of anilines is 1. The number of carbonyl (C=O) groups is 1. The van der Waals surface area contributed by atoms with E-state index >= 15 is 0 Å². The van der Waals surface area contributed by atoms with E-state index in [-0.39, 0.29) is 29.6 Å². The van der Waals surface area contributed by atoms with Gasteiger partial charge in [0.2, 0.25) is 5.91 Å². The van der Waals surface area contributed by atoms with Gasteiger partial charge in [0.15, 0.2) is 0 Å². The Balaban J connectivity index is 1.45. The van der Waals surface area contributed by atoms with Crippen molar-refractivity contribution >= 4 is 34.0 Å². The van der Waals surface area contributed by atoms with Crippen LogP contribution in [-0.4, -0.2) is 66.7 Å². The lowest BCUT2D eigenvalue weighted by Gasteiger charge is -2.43. The number of pyridine rings is 1. The number of carbonyl (C=O) groups excluding carboxylic acids is 1. The van der Waals surface area contributed by atoms with Crippen LogP contribution in [0.25, 0.3) is 10.9 Å². The molecule has 3 aromatic rings. The molecule has 1 saturated heterocycles. The van der Waals surface area contributed by atoms with E-state index in [0.717, 1.165) is 23.0 Å². The number of rotatable bonds is 6. The van der Waals surface area contributed by atoms with Crippen LogP contribution in [0.5, 0.6) is 5.75 Å². The number of hydrogen-bond acceptors (Lipinski definition) is 6. The van der Waals surface area contributed by atoms with Crippen molar-refractivity contribution in [2.45, 2.75) is 32.0 Å². The Labute approximate surface area is 218 Å². The van der Waals surface area contributed by atoms with Crippen LogP contribution in [0.3, 0.4) is 0 Å². The van der Waals surface area contributed by atoms with Crippen LogP contribution in [0.1, 0.15) is 24.6 Å². The molecule has 1 aromatic heterocycles. The third kappa shape index (κ3) is 5.34. The van der Waals surface area contributed by atoms with Crippen molar-refractivity contribution in [2.75, 3.05) is 38.2 Å². The van der Waals surface area contributed by atoms with Gasteiger partial charge in [-0.15, -0.1) is 0 Å². The summed E-state index contributed by atoms with van der Waals surface area (Å²) < 4.78 is 45.5. The number of halogens is 3. The summed E-state index contributed by atoms with van der Waals surface area (Å²) in [5, 5.41) is 0.573. The van der Waals surface area contributed by atoms with Crippen LogP contribution in [0.2, 0.25) is 0 Å². The largest absolute Gasteiger partial charge is 0.494 e. The Hall–Kier alpha value is -3.95. The van der Waals surface area contributed by atoms with Crippen LogP contribution in [0, 0.1) is 0 Å². The number of ether oxygens (including phenoxy) is 1. The first-order valence-corrected chi connectivity index (χ1v) is 12.4. The number of alkyl halides is 3. The fourth-order valence-electron chi connectivity index (χ4n) is 5.12. The van der Waals surface area contributed by atoms with Crippen molar-refractivity contribution in [3.05, 3.63) is 65.9 Å². The number of aromatic nitrogens is 1. The minimum atomic E-state index is -4.56. The molecule has 0 aliphatic carbocycles. The Morgan fingerprint density at radius 1 is 1.08 bits per heavy atom. The van der Waals surface area contributed by atoms with Crippen LogP contribution in [-0.2, 0) is 17.4 Å². The average Bonchev–Trinajstić information content (AvgIpc) is 3.31. The number of benzene rings is 2. The van der Waals surface area contributed by atoms with Crippen LogP contribution in [0.15, 0.2) is 64.6 Å². The van der Waals surface area contributed by atoms with Gasteiger partial charge in [0.05, 0.1) is 31.8 Å². The number of fused-ring (bicyclic) bond motifs is 1. The third-order valence-corrected chi connectivity index (χ3v) is 6.93. The predicted octanol–water partition coefficient (Wildman–Crippen LogP) is 4.79. The Bertz CT molecular complexity index is 1400. The van der Waals surface area contributed by atoms with Crippen molar-refractivity contribution in [1.82, 2.24) is 9.88 Å². The molecule has 0 saturated carbocycles. The predicted molar refractivity (Wildman–Crippen MR) is 141 cm³/mol. The van der Waals surface area contributed by atoms with E-state index in [1.54, 1.807) is 6.07 Å². The molecule has 7 nitrogen and oxygen atoms in total. The van der Waals surface area contributed by atoms with E-state index in [4.69, 9.17) is 4.74 Å². The third-order valence-electron chi connectivity index (χ3n) is 6.93. The highest BCUT2D eigenvalue weighted by Gasteiger charge is 2.35. The highest BCUT2D eigenvalue weighted by molar-refractivity contribution is 6.10. The molecule has 0 spiro atoms. The lowest BCUT2D eigenvalue weighted by Crippen LogP contribution is -2.56. The molecule has 1 amide bonds. The maximum atomic E-state index is 13.4. The van der Waals surface area contributed by atoms with E-state index in [1.807, 2.05) is 48.2 Å². The first kappa shape index (κ1) is 25.7. The maximum absolute atomic E-state index is 13.4. The van der Waals surface area contributed by atoms with E-state index in [2.05, 4.69) is 19.9 Å². The summed E-state index contributed by atoms with van der Waals surface area (Å²) in [4.78, 5) is 29.9. The highest BCUT2D eigenvalue weighted by Crippen LogP contribution is 2.37. The maximum Gasteiger partial charge on any atom is 0.433 e. The van der Waals surface area contributed by atoms with Crippen LogP contribution < -0.4 is 9.64 Å². The first-order chi connectivity index (χ1) is 18.2. The zero-order valence-electron chi connectivity index (χ0n) is 21.2. The van der Waals surface area contributed by atoms with Gasteiger partial charge in [-0.3, -0.25) is 9.79 Å². The van der Waals surface area contributed by atoms with Crippen molar-refractivity contribution < 1.29 is 22.7 Å². The molecule has 3 heterocycles. The molecular formula is C28H28F3N5O2. The molecule has 2 aromatic carbocycles. The van der Waals surface area contributed by atoms with Gasteiger partial charge in [-0.05, 0) is 43.2 Å². The monoisotopic (exact) mass is 523 g/mol. The number of amidine groups is 1. The SMILES string of the molecule is COc1ccc(N2CCN(C(=O)CC3=NC(C)=NC3)[C@@H](Cc3ccccc3)C2)c2ccc(C(F)(F)F)nc12. The summed E-state index contributed by atoms with van der Waals surface area (Å²) in [7, 11) is 1.41. The first-order valence-electron chi connectivity index (χ1n) is 12.4. The minimum Gasteiger partial charge on any atom is -0.494 e. The lowest BCUT2D eigenvalue weighted by atomic mass is 10.00. The van der Waals surface area contributed by atoms with Gasteiger partial charge in [-0.2, -0.15) is 13.2 Å². The summed E-state index contributed by atoms with van der Waals surface area (Å²) in [6.07, 6.45) is -3.69. The van der Waals surface area contributed by atoms with E-state index in [0.29, 0.717) is 43.8 Å². The molecule has 1 atom stereocenters. The number of methoxy groups -OCH3 is 1. The summed E-state index contributed by atoms with van der Waals surface area (Å²) in [5.41, 5.74) is 1.82. The van der Waals surface area contributed by atoms with Gasteiger partial charge in [-0.25, -0.2) is 9.98 Å². The molecule has 38 heavy (non-hydrogen) atoms. The molecule has 1 fully saturated rings. The molecular weight excluding hydrogens is 495 g/mol. The van der Waals surface area contributed by atoms with Gasteiger partial charge < -0.3 is 14.5 Å². The molecule has 0 unspecified atom stereocenters. The number of amides is 1. The fourth-order valence-corrected chi connectivity index (χ4v) is 5.12. The van der Waals surface area contributed by atoms with Crippen molar-refractivity contribution in [2.24, 2.45) is 9.98 Å². The fraction of sp³-hybridized carbons (Fsp3) is 0.357. The van der Waals surface area contributed by atoms with Crippen molar-refractivity contribution in [3.8, 4) is 5.75 Å². The summed E-state index contributed by atoms with van der Waals surface area (Å²) in [5.74, 6) is 0.969. The second-order valence-electron chi connectivity index (χ2n) is 9.47. The zero-order valence-corrected chi connectivity index (χ0v) is 21.2. The molecule has 5 rings (SSSR count). The normalized spacial score (nSPS) is 18.0. The topological polar surface area (TPSA) is 70.4 Å². The molecule has 0 radical (unpaired) electrons. The average molecular weight is 524 g/mol. The quantitative estimate of drug-likeness (QED) is 0.466. The van der Waals surface area contributed by atoms with E-state index < -0.39 is 11.9 Å². The van der Waals surface area contributed by atoms with Crippen molar-refractivity contribution in [3.63, 3.8) is 0 Å². The molecule has 2 aliphatic rings. The number of piperazine rings is 1. The molecule has 198 valence electrons. The highest BCUT2D eigenvalue weighted by atomic mass is 19.4. The minimum absolute atomic E-state index is 0.00491. The molecule has 2 aliphatic heterocycles. The van der Waals surface area contributed by atoms with Gasteiger partial charge in [-0.1, -0.05) is 30.3 Å². The smallest absolute Gasteiger partial charge is 0.433 e. The summed E-state index contributed by atoms with van der Waals surface area (Å²) >= 11 is 0. The summed E-state index contributed by atoms with van der Waals surface area (Å²) in [6.45, 7) is 3.80. The zero-order chi connectivity index (χ0) is 26.9. The Kier molecular flexibility index (Phi) is 7.05. The number of hydrogen-bond donors (Lipinski definition) is 0. The van der Waals surface area contributed by atoms with E-state index in [9.17, 15) is 18.0 Å². The van der Waals surface area contributed by atoms with E-state index in [1.165, 1.54) is 13.2 Å². The summed E-state index contributed by atoms with van der Waals surface area (Å²) in [6, 6.07) is 15.8. The molecule has 10 heteroatoms. The number of nitrogens with zero attached hydrogens (tertiary/aromatic N) is 5. The Morgan fingerprint density at radius 3 is 2.55 bits per heavy atom. The second-order valence-corrected chi connectivity index (χ2v) is 9.47.